The molecule has 1 aromatic rings. The highest BCUT2D eigenvalue weighted by atomic mass is 35.5. The smallest absolute Gasteiger partial charge is 0.313 e. The summed E-state index contributed by atoms with van der Waals surface area (Å²) in [6, 6.07) is 6.40. The first kappa shape index (κ1) is 18.0. The number of likely N-dealkylation sites (N-methyl/N-ethyl adjacent to an activating group) is 2. The minimum Gasteiger partial charge on any atom is -0.342 e. The van der Waals surface area contributed by atoms with Gasteiger partial charge in [0.15, 0.2) is 0 Å². The molecule has 0 aliphatic carbocycles. The fourth-order valence-electron chi connectivity index (χ4n) is 1.84. The molecule has 3 amide bonds. The standard InChI is InChI=1S/C15H20ClN3O3/c1-4-19(5-2)13(20)10-18(3)15(22)14(21)17-12-8-6-11(16)7-9-12/h6-9H,4-5,10H2,1-3H3,(H,17,21). The molecule has 7 heteroatoms. The molecule has 0 spiro atoms. The first-order chi connectivity index (χ1) is 10.4. The Morgan fingerprint density at radius 2 is 1.64 bits per heavy atom. The number of nitrogens with zero attached hydrogens (tertiary/aromatic N) is 2. The number of halogens is 1. The van der Waals surface area contributed by atoms with Crippen molar-refractivity contribution < 1.29 is 14.4 Å². The highest BCUT2D eigenvalue weighted by Gasteiger charge is 2.22. The van der Waals surface area contributed by atoms with Crippen molar-refractivity contribution in [2.75, 3.05) is 32.0 Å². The van der Waals surface area contributed by atoms with Crippen molar-refractivity contribution >= 4 is 35.0 Å². The summed E-state index contributed by atoms with van der Waals surface area (Å²) in [6.45, 7) is 4.71. The van der Waals surface area contributed by atoms with E-state index < -0.39 is 11.8 Å². The molecule has 0 heterocycles. The molecule has 1 aromatic carbocycles. The second-order valence-electron chi connectivity index (χ2n) is 4.69. The summed E-state index contributed by atoms with van der Waals surface area (Å²) in [7, 11) is 1.42. The summed E-state index contributed by atoms with van der Waals surface area (Å²) >= 11 is 5.75. The Labute approximate surface area is 135 Å². The number of carbonyl (C=O) groups excluding carboxylic acids is 3. The molecule has 0 saturated heterocycles. The predicted octanol–water partition coefficient (Wildman–Crippen LogP) is 1.61. The lowest BCUT2D eigenvalue weighted by Crippen LogP contribution is -2.44. The van der Waals surface area contributed by atoms with Gasteiger partial charge in [0.2, 0.25) is 5.91 Å². The monoisotopic (exact) mass is 325 g/mol. The van der Waals surface area contributed by atoms with Crippen LogP contribution in [0.4, 0.5) is 5.69 Å². The molecule has 22 heavy (non-hydrogen) atoms. The van der Waals surface area contributed by atoms with Crippen molar-refractivity contribution in [2.45, 2.75) is 13.8 Å². The first-order valence-corrected chi connectivity index (χ1v) is 7.36. The molecular weight excluding hydrogens is 306 g/mol. The van der Waals surface area contributed by atoms with Crippen LogP contribution < -0.4 is 5.32 Å². The van der Waals surface area contributed by atoms with Gasteiger partial charge >= 0.3 is 11.8 Å². The van der Waals surface area contributed by atoms with Gasteiger partial charge in [0.1, 0.15) is 0 Å². The fourth-order valence-corrected chi connectivity index (χ4v) is 1.97. The van der Waals surface area contributed by atoms with Crippen molar-refractivity contribution in [3.8, 4) is 0 Å². The average Bonchev–Trinajstić information content (AvgIpc) is 2.49. The van der Waals surface area contributed by atoms with E-state index in [9.17, 15) is 14.4 Å². The molecule has 120 valence electrons. The number of hydrogen-bond donors (Lipinski definition) is 1. The van der Waals surface area contributed by atoms with Gasteiger partial charge in [-0.1, -0.05) is 11.6 Å². The number of carbonyl (C=O) groups is 3. The molecule has 0 saturated carbocycles. The molecule has 0 bridgehead atoms. The minimum absolute atomic E-state index is 0.130. The normalized spacial score (nSPS) is 10.0. The van der Waals surface area contributed by atoms with Gasteiger partial charge in [-0.2, -0.15) is 0 Å². The zero-order valence-electron chi connectivity index (χ0n) is 12.9. The maximum Gasteiger partial charge on any atom is 0.313 e. The lowest BCUT2D eigenvalue weighted by Gasteiger charge is -2.22. The van der Waals surface area contributed by atoms with Gasteiger partial charge in [-0.3, -0.25) is 14.4 Å². The highest BCUT2D eigenvalue weighted by Crippen LogP contribution is 2.13. The van der Waals surface area contributed by atoms with E-state index >= 15 is 0 Å². The largest absolute Gasteiger partial charge is 0.342 e. The lowest BCUT2D eigenvalue weighted by atomic mass is 10.3. The van der Waals surface area contributed by atoms with E-state index in [0.29, 0.717) is 23.8 Å². The molecule has 6 nitrogen and oxygen atoms in total. The summed E-state index contributed by atoms with van der Waals surface area (Å²) in [6.07, 6.45) is 0. The fraction of sp³-hybridized carbons (Fsp3) is 0.400. The summed E-state index contributed by atoms with van der Waals surface area (Å²) in [5.41, 5.74) is 0.464. The summed E-state index contributed by atoms with van der Waals surface area (Å²) in [5.74, 6) is -1.76. The molecule has 0 radical (unpaired) electrons. The lowest BCUT2D eigenvalue weighted by molar-refractivity contribution is -0.145. The quantitative estimate of drug-likeness (QED) is 0.836. The van der Waals surface area contributed by atoms with Gasteiger partial charge in [-0.25, -0.2) is 0 Å². The second kappa shape index (κ2) is 8.38. The Bertz CT molecular complexity index is 541. The van der Waals surface area contributed by atoms with E-state index in [0.717, 1.165) is 4.90 Å². The van der Waals surface area contributed by atoms with Crippen molar-refractivity contribution in [3.05, 3.63) is 29.3 Å². The van der Waals surface area contributed by atoms with Gasteiger partial charge < -0.3 is 15.1 Å². The number of rotatable bonds is 5. The molecule has 0 atom stereocenters. The van der Waals surface area contributed by atoms with E-state index in [-0.39, 0.29) is 12.5 Å². The van der Waals surface area contributed by atoms with Crippen LogP contribution in [0.3, 0.4) is 0 Å². The van der Waals surface area contributed by atoms with Crippen molar-refractivity contribution in [1.29, 1.82) is 0 Å². The van der Waals surface area contributed by atoms with Gasteiger partial charge in [0.25, 0.3) is 0 Å². The third-order valence-corrected chi connectivity index (χ3v) is 3.38. The zero-order chi connectivity index (χ0) is 16.7. The van der Waals surface area contributed by atoms with Gasteiger partial charge in [0, 0.05) is 30.8 Å². The average molecular weight is 326 g/mol. The van der Waals surface area contributed by atoms with Crippen LogP contribution in [0.2, 0.25) is 5.02 Å². The molecule has 0 unspecified atom stereocenters. The van der Waals surface area contributed by atoms with Crippen LogP contribution in [-0.4, -0.2) is 54.2 Å². The maximum absolute atomic E-state index is 12.0. The van der Waals surface area contributed by atoms with E-state index in [1.54, 1.807) is 29.2 Å². The van der Waals surface area contributed by atoms with Crippen LogP contribution in [0.15, 0.2) is 24.3 Å². The number of benzene rings is 1. The topological polar surface area (TPSA) is 69.7 Å². The number of anilines is 1. The van der Waals surface area contributed by atoms with Crippen LogP contribution in [0, 0.1) is 0 Å². The molecule has 1 N–H and O–H groups in total. The zero-order valence-corrected chi connectivity index (χ0v) is 13.7. The van der Waals surface area contributed by atoms with E-state index in [1.807, 2.05) is 13.8 Å². The van der Waals surface area contributed by atoms with E-state index in [2.05, 4.69) is 5.32 Å². The third kappa shape index (κ3) is 5.04. The first-order valence-electron chi connectivity index (χ1n) is 6.98. The Hall–Kier alpha value is -2.08. The van der Waals surface area contributed by atoms with Crippen LogP contribution in [0.1, 0.15) is 13.8 Å². The van der Waals surface area contributed by atoms with Gasteiger partial charge in [0.05, 0.1) is 6.54 Å². The Balaban J connectivity index is 2.60. The maximum atomic E-state index is 12.0. The van der Waals surface area contributed by atoms with E-state index in [1.165, 1.54) is 7.05 Å². The Morgan fingerprint density at radius 1 is 1.09 bits per heavy atom. The second-order valence-corrected chi connectivity index (χ2v) is 5.12. The van der Waals surface area contributed by atoms with Crippen LogP contribution in [0.5, 0.6) is 0 Å². The summed E-state index contributed by atoms with van der Waals surface area (Å²) < 4.78 is 0. The summed E-state index contributed by atoms with van der Waals surface area (Å²) in [5, 5.41) is 3.00. The van der Waals surface area contributed by atoms with Crippen LogP contribution >= 0.6 is 11.6 Å². The Kier molecular flexibility index (Phi) is 6.85. The van der Waals surface area contributed by atoms with Crippen LogP contribution in [0.25, 0.3) is 0 Å². The van der Waals surface area contributed by atoms with E-state index in [4.69, 9.17) is 11.6 Å². The number of amides is 3. The SMILES string of the molecule is CCN(CC)C(=O)CN(C)C(=O)C(=O)Nc1ccc(Cl)cc1. The van der Waals surface area contributed by atoms with Crippen molar-refractivity contribution in [1.82, 2.24) is 9.80 Å². The number of nitrogens with one attached hydrogen (secondary N) is 1. The van der Waals surface area contributed by atoms with Gasteiger partial charge in [-0.05, 0) is 38.1 Å². The molecule has 0 aromatic heterocycles. The van der Waals surface area contributed by atoms with Crippen molar-refractivity contribution in [3.63, 3.8) is 0 Å². The highest BCUT2D eigenvalue weighted by molar-refractivity contribution is 6.39. The molecule has 0 aliphatic rings. The Morgan fingerprint density at radius 3 is 2.14 bits per heavy atom. The number of hydrogen-bond acceptors (Lipinski definition) is 3. The third-order valence-electron chi connectivity index (χ3n) is 3.13. The predicted molar refractivity (Wildman–Crippen MR) is 85.6 cm³/mol. The van der Waals surface area contributed by atoms with Crippen molar-refractivity contribution in [2.24, 2.45) is 0 Å². The van der Waals surface area contributed by atoms with Crippen LogP contribution in [-0.2, 0) is 14.4 Å². The summed E-state index contributed by atoms with van der Waals surface area (Å²) in [4.78, 5) is 38.5. The minimum atomic E-state index is -0.794. The molecule has 0 aliphatic heterocycles. The van der Waals surface area contributed by atoms with Gasteiger partial charge in [-0.15, -0.1) is 0 Å². The molecule has 1 rings (SSSR count). The molecular formula is C15H20ClN3O3. The molecule has 0 fully saturated rings.